The van der Waals surface area contributed by atoms with Gasteiger partial charge in [-0.3, -0.25) is 0 Å². The van der Waals surface area contributed by atoms with Gasteiger partial charge in [0.25, 0.3) is 0 Å². The van der Waals surface area contributed by atoms with Crippen LogP contribution in [0.3, 0.4) is 0 Å². The highest BCUT2D eigenvalue weighted by molar-refractivity contribution is 5.03. The highest BCUT2D eigenvalue weighted by Crippen LogP contribution is 2.35. The Morgan fingerprint density at radius 2 is 1.89 bits per heavy atom. The van der Waals surface area contributed by atoms with Crippen molar-refractivity contribution in [3.8, 4) is 0 Å². The maximum Gasteiger partial charge on any atom is 0.246 e. The van der Waals surface area contributed by atoms with E-state index in [1.165, 1.54) is 0 Å². The van der Waals surface area contributed by atoms with Gasteiger partial charge in [0, 0.05) is 6.61 Å². The number of hydrogen-bond acceptors (Lipinski definition) is 5. The Balaban J connectivity index is 2.99. The van der Waals surface area contributed by atoms with E-state index in [9.17, 15) is 0 Å². The molecule has 0 fully saturated rings. The van der Waals surface area contributed by atoms with Crippen molar-refractivity contribution in [2.75, 3.05) is 6.61 Å². The number of ether oxygens (including phenoxy) is 1. The molecule has 0 aliphatic rings. The summed E-state index contributed by atoms with van der Waals surface area (Å²) in [6, 6.07) is 0. The second-order valence-electron chi connectivity index (χ2n) is 6.33. The number of aromatic nitrogens is 2. The molecule has 2 N–H and O–H groups in total. The third kappa shape index (κ3) is 4.01. The van der Waals surface area contributed by atoms with Crippen LogP contribution in [-0.4, -0.2) is 16.7 Å². The van der Waals surface area contributed by atoms with Gasteiger partial charge in [-0.2, -0.15) is 4.98 Å². The predicted octanol–water partition coefficient (Wildman–Crippen LogP) is 3.17. The van der Waals surface area contributed by atoms with Crippen LogP contribution in [0.5, 0.6) is 0 Å². The van der Waals surface area contributed by atoms with Crippen molar-refractivity contribution in [2.24, 2.45) is 11.1 Å². The molecule has 0 spiro atoms. The van der Waals surface area contributed by atoms with Gasteiger partial charge in [-0.15, -0.1) is 0 Å². The largest absolute Gasteiger partial charge is 0.370 e. The highest BCUT2D eigenvalue weighted by atomic mass is 16.5. The third-order valence-corrected chi connectivity index (χ3v) is 3.05. The number of rotatable bonds is 6. The Morgan fingerprint density at radius 3 is 2.37 bits per heavy atom. The van der Waals surface area contributed by atoms with Crippen LogP contribution in [0.15, 0.2) is 4.52 Å². The van der Waals surface area contributed by atoms with Crippen LogP contribution in [0.25, 0.3) is 0 Å². The lowest BCUT2D eigenvalue weighted by atomic mass is 9.88. The van der Waals surface area contributed by atoms with Gasteiger partial charge in [-0.1, -0.05) is 39.3 Å². The lowest BCUT2D eigenvalue weighted by Gasteiger charge is -2.27. The minimum Gasteiger partial charge on any atom is -0.370 e. The monoisotopic (exact) mass is 269 g/mol. The first kappa shape index (κ1) is 16.1. The van der Waals surface area contributed by atoms with Crippen molar-refractivity contribution in [3.05, 3.63) is 11.7 Å². The van der Waals surface area contributed by atoms with Crippen molar-refractivity contribution in [2.45, 2.75) is 66.0 Å². The van der Waals surface area contributed by atoms with E-state index in [0.29, 0.717) is 18.3 Å². The molecule has 19 heavy (non-hydrogen) atoms. The van der Waals surface area contributed by atoms with Gasteiger partial charge in [0.15, 0.2) is 0 Å². The van der Waals surface area contributed by atoms with E-state index in [1.807, 2.05) is 13.8 Å². The molecule has 1 aromatic rings. The molecule has 0 aliphatic heterocycles. The summed E-state index contributed by atoms with van der Waals surface area (Å²) < 4.78 is 11.1. The summed E-state index contributed by atoms with van der Waals surface area (Å²) in [4.78, 5) is 4.46. The third-order valence-electron chi connectivity index (χ3n) is 3.05. The molecule has 1 rings (SSSR count). The quantitative estimate of drug-likeness (QED) is 0.858. The van der Waals surface area contributed by atoms with Gasteiger partial charge in [-0.25, -0.2) is 0 Å². The predicted molar refractivity (Wildman–Crippen MR) is 74.6 cm³/mol. The van der Waals surface area contributed by atoms with E-state index in [2.05, 4.69) is 37.8 Å². The fourth-order valence-corrected chi connectivity index (χ4v) is 2.08. The number of hydrogen-bond donors (Lipinski definition) is 1. The van der Waals surface area contributed by atoms with E-state index in [4.69, 9.17) is 15.0 Å². The van der Waals surface area contributed by atoms with E-state index in [-0.39, 0.29) is 11.5 Å². The fourth-order valence-electron chi connectivity index (χ4n) is 2.08. The molecule has 0 bridgehead atoms. The summed E-state index contributed by atoms with van der Waals surface area (Å²) in [5, 5.41) is 4.06. The smallest absolute Gasteiger partial charge is 0.246 e. The maximum absolute atomic E-state index is 6.21. The molecule has 5 nitrogen and oxygen atoms in total. The first-order valence-corrected chi connectivity index (χ1v) is 6.97. The molecule has 1 heterocycles. The van der Waals surface area contributed by atoms with Gasteiger partial charge in [0.1, 0.15) is 6.10 Å². The molecule has 0 aliphatic carbocycles. The van der Waals surface area contributed by atoms with Crippen LogP contribution in [0, 0.1) is 5.41 Å². The van der Waals surface area contributed by atoms with Crippen molar-refractivity contribution in [1.29, 1.82) is 0 Å². The van der Waals surface area contributed by atoms with Crippen molar-refractivity contribution < 1.29 is 9.26 Å². The standard InChI is InChI=1S/C14H27N3O2/c1-7-9-14(6,15)12-16-11(17-19-12)10(18-8-2)13(3,4)5/h10H,7-9,15H2,1-6H3. The van der Waals surface area contributed by atoms with E-state index < -0.39 is 5.54 Å². The molecule has 0 saturated carbocycles. The lowest BCUT2D eigenvalue weighted by Crippen LogP contribution is -2.33. The average molecular weight is 269 g/mol. The molecule has 5 heteroatoms. The zero-order chi connectivity index (χ0) is 14.7. The zero-order valence-corrected chi connectivity index (χ0v) is 13.0. The molecular formula is C14H27N3O2. The lowest BCUT2D eigenvalue weighted by molar-refractivity contribution is -0.0203. The summed E-state index contributed by atoms with van der Waals surface area (Å²) in [6.45, 7) is 12.9. The molecule has 110 valence electrons. The fraction of sp³-hybridized carbons (Fsp3) is 0.857. The molecule has 0 amide bonds. The number of nitrogens with zero attached hydrogens (tertiary/aromatic N) is 2. The van der Waals surface area contributed by atoms with Gasteiger partial charge in [0.2, 0.25) is 11.7 Å². The Morgan fingerprint density at radius 1 is 1.26 bits per heavy atom. The summed E-state index contributed by atoms with van der Waals surface area (Å²) in [5.74, 6) is 1.07. The Kier molecular flexibility index (Phi) is 5.10. The van der Waals surface area contributed by atoms with Crippen LogP contribution in [0.1, 0.15) is 72.2 Å². The summed E-state index contributed by atoms with van der Waals surface area (Å²) in [7, 11) is 0. The summed E-state index contributed by atoms with van der Waals surface area (Å²) in [5.41, 5.74) is 5.54. The van der Waals surface area contributed by atoms with E-state index in [0.717, 1.165) is 12.8 Å². The van der Waals surface area contributed by atoms with Crippen molar-refractivity contribution >= 4 is 0 Å². The van der Waals surface area contributed by atoms with Crippen LogP contribution in [-0.2, 0) is 10.3 Å². The van der Waals surface area contributed by atoms with Gasteiger partial charge < -0.3 is 15.0 Å². The molecule has 2 atom stereocenters. The Labute approximate surface area is 115 Å². The maximum atomic E-state index is 6.21. The van der Waals surface area contributed by atoms with Crippen LogP contribution < -0.4 is 5.73 Å². The SMILES string of the molecule is CCCC(C)(N)c1nc(C(OCC)C(C)(C)C)no1. The van der Waals surface area contributed by atoms with E-state index >= 15 is 0 Å². The number of nitrogens with two attached hydrogens (primary N) is 1. The van der Waals surface area contributed by atoms with Crippen LogP contribution in [0.2, 0.25) is 0 Å². The normalized spacial score (nSPS) is 17.2. The topological polar surface area (TPSA) is 74.2 Å². The molecule has 1 aromatic heterocycles. The van der Waals surface area contributed by atoms with Crippen LogP contribution >= 0.6 is 0 Å². The second kappa shape index (κ2) is 6.01. The van der Waals surface area contributed by atoms with Gasteiger partial charge >= 0.3 is 0 Å². The van der Waals surface area contributed by atoms with Crippen molar-refractivity contribution in [3.63, 3.8) is 0 Å². The Hall–Kier alpha value is -0.940. The molecule has 0 radical (unpaired) electrons. The Bertz CT molecular complexity index is 394. The summed E-state index contributed by atoms with van der Waals surface area (Å²) in [6.07, 6.45) is 1.59. The molecule has 2 unspecified atom stereocenters. The molecule has 0 saturated heterocycles. The highest BCUT2D eigenvalue weighted by Gasteiger charge is 2.34. The first-order chi connectivity index (χ1) is 8.72. The minimum atomic E-state index is -0.575. The first-order valence-electron chi connectivity index (χ1n) is 6.97. The van der Waals surface area contributed by atoms with Crippen molar-refractivity contribution in [1.82, 2.24) is 10.1 Å². The zero-order valence-electron chi connectivity index (χ0n) is 13.0. The van der Waals surface area contributed by atoms with Crippen LogP contribution in [0.4, 0.5) is 0 Å². The van der Waals surface area contributed by atoms with Gasteiger partial charge in [-0.05, 0) is 25.7 Å². The average Bonchev–Trinajstić information content (AvgIpc) is 2.73. The molecule has 0 aromatic carbocycles. The molecular weight excluding hydrogens is 242 g/mol. The second-order valence-corrected chi connectivity index (χ2v) is 6.33. The minimum absolute atomic E-state index is 0.0904. The van der Waals surface area contributed by atoms with Gasteiger partial charge in [0.05, 0.1) is 5.54 Å². The summed E-state index contributed by atoms with van der Waals surface area (Å²) >= 11 is 0. The van der Waals surface area contributed by atoms with E-state index in [1.54, 1.807) is 0 Å².